The maximum atomic E-state index is 13.1. The number of hydrogen-bond acceptors (Lipinski definition) is 6. The van der Waals surface area contributed by atoms with Crippen molar-refractivity contribution in [3.63, 3.8) is 0 Å². The molecule has 0 unspecified atom stereocenters. The summed E-state index contributed by atoms with van der Waals surface area (Å²) in [5.74, 6) is -0.323. The van der Waals surface area contributed by atoms with Gasteiger partial charge in [-0.05, 0) is 129 Å². The Kier molecular flexibility index (Phi) is 9.70. The number of nitrogens with zero attached hydrogens (tertiary/aromatic N) is 2. The Balaban J connectivity index is 1.70. The number of esters is 1. The molecule has 3 aromatic rings. The fourth-order valence-electron chi connectivity index (χ4n) is 5.80. The number of hydrogen-bond donors (Lipinski definition) is 0. The van der Waals surface area contributed by atoms with Gasteiger partial charge in [-0.1, -0.05) is 23.7 Å². The lowest BCUT2D eigenvalue weighted by molar-refractivity contribution is 0.00684. The molecule has 45 heavy (non-hydrogen) atoms. The van der Waals surface area contributed by atoms with E-state index in [1.54, 1.807) is 27.8 Å². The minimum atomic E-state index is -0.634. The van der Waals surface area contributed by atoms with Gasteiger partial charge < -0.3 is 19.1 Å². The smallest absolute Gasteiger partial charge is 0.418 e. The van der Waals surface area contributed by atoms with Gasteiger partial charge in [-0.2, -0.15) is 0 Å². The zero-order chi connectivity index (χ0) is 33.5. The maximum Gasteiger partial charge on any atom is 0.418 e. The zero-order valence-corrected chi connectivity index (χ0v) is 29.0. The van der Waals surface area contributed by atoms with E-state index in [1.165, 1.54) is 0 Å². The van der Waals surface area contributed by atoms with Crippen LogP contribution < -0.4 is 0 Å². The predicted molar refractivity (Wildman–Crippen MR) is 177 cm³/mol. The van der Waals surface area contributed by atoms with Crippen LogP contribution in [0.3, 0.4) is 0 Å². The van der Waals surface area contributed by atoms with Crippen LogP contribution in [0.2, 0.25) is 5.02 Å². The van der Waals surface area contributed by atoms with Gasteiger partial charge in [0, 0.05) is 35.6 Å². The molecule has 2 heterocycles. The average molecular weight is 639 g/mol. The summed E-state index contributed by atoms with van der Waals surface area (Å²) in [6, 6.07) is 11.3. The van der Waals surface area contributed by atoms with Gasteiger partial charge in [0.25, 0.3) is 0 Å². The molecule has 0 N–H and O–H groups in total. The number of halogens is 1. The van der Waals surface area contributed by atoms with Crippen molar-refractivity contribution in [2.75, 3.05) is 13.1 Å². The van der Waals surface area contributed by atoms with Crippen LogP contribution in [0.25, 0.3) is 10.9 Å². The Hall–Kier alpha value is -3.52. The lowest BCUT2D eigenvalue weighted by atomic mass is 9.77. The maximum absolute atomic E-state index is 13.1. The van der Waals surface area contributed by atoms with Crippen LogP contribution in [0, 0.1) is 12.8 Å². The van der Waals surface area contributed by atoms with E-state index in [0.717, 1.165) is 34.0 Å². The molecule has 9 heteroatoms. The van der Waals surface area contributed by atoms with E-state index in [2.05, 4.69) is 0 Å². The number of aromatic nitrogens is 1. The molecule has 0 bridgehead atoms. The molecule has 0 saturated carbocycles. The van der Waals surface area contributed by atoms with Crippen LogP contribution in [0.1, 0.15) is 102 Å². The van der Waals surface area contributed by atoms with E-state index in [1.807, 2.05) is 93.5 Å². The summed E-state index contributed by atoms with van der Waals surface area (Å²) in [6.07, 6.45) is 2.30. The first-order valence-corrected chi connectivity index (χ1v) is 15.9. The van der Waals surface area contributed by atoms with E-state index in [-0.39, 0.29) is 23.9 Å². The Morgan fingerprint density at radius 1 is 0.844 bits per heavy atom. The van der Waals surface area contributed by atoms with Gasteiger partial charge in [0.1, 0.15) is 16.8 Å². The third-order valence-corrected chi connectivity index (χ3v) is 7.99. The first-order chi connectivity index (χ1) is 20.7. The minimum absolute atomic E-state index is 0.0562. The molecule has 8 nitrogen and oxygen atoms in total. The quantitative estimate of drug-likeness (QED) is 0.209. The highest BCUT2D eigenvalue weighted by Crippen LogP contribution is 2.40. The molecule has 1 saturated heterocycles. The molecule has 0 aliphatic carbocycles. The Bertz CT molecular complexity index is 1570. The molecule has 4 rings (SSSR count). The van der Waals surface area contributed by atoms with Crippen molar-refractivity contribution in [1.82, 2.24) is 9.47 Å². The number of benzene rings is 2. The van der Waals surface area contributed by atoms with Gasteiger partial charge in [-0.25, -0.2) is 14.4 Å². The fraction of sp³-hybridized carbons (Fsp3) is 0.528. The van der Waals surface area contributed by atoms with Gasteiger partial charge in [-0.15, -0.1) is 0 Å². The van der Waals surface area contributed by atoms with E-state index < -0.39 is 22.9 Å². The third-order valence-electron chi connectivity index (χ3n) is 7.65. The summed E-state index contributed by atoms with van der Waals surface area (Å²) in [6.45, 7) is 19.6. The normalized spacial score (nSPS) is 17.7. The second-order valence-electron chi connectivity index (χ2n) is 15.0. The van der Waals surface area contributed by atoms with Crippen molar-refractivity contribution in [1.29, 1.82) is 0 Å². The minimum Gasteiger partial charge on any atom is -0.456 e. The van der Waals surface area contributed by atoms with Crippen LogP contribution in [0.15, 0.2) is 42.6 Å². The van der Waals surface area contributed by atoms with E-state index >= 15 is 0 Å². The molecule has 1 aliphatic heterocycles. The van der Waals surface area contributed by atoms with Crippen LogP contribution in [0.4, 0.5) is 9.59 Å². The third kappa shape index (κ3) is 8.60. The lowest BCUT2D eigenvalue weighted by Gasteiger charge is -2.39. The van der Waals surface area contributed by atoms with E-state index in [9.17, 15) is 14.4 Å². The molecule has 2 aromatic carbocycles. The summed E-state index contributed by atoms with van der Waals surface area (Å²) in [7, 11) is 0. The molecule has 1 aliphatic rings. The topological polar surface area (TPSA) is 87.1 Å². The molecule has 244 valence electrons. The Morgan fingerprint density at radius 3 is 2.00 bits per heavy atom. The highest BCUT2D eigenvalue weighted by atomic mass is 35.5. The van der Waals surface area contributed by atoms with Crippen molar-refractivity contribution in [3.8, 4) is 0 Å². The number of aryl methyl sites for hydroxylation is 1. The van der Waals surface area contributed by atoms with Crippen LogP contribution in [-0.2, 0) is 20.6 Å². The highest BCUT2D eigenvalue weighted by molar-refractivity contribution is 6.32. The highest BCUT2D eigenvalue weighted by Gasteiger charge is 2.35. The molecule has 0 spiro atoms. The van der Waals surface area contributed by atoms with Gasteiger partial charge >= 0.3 is 18.2 Å². The van der Waals surface area contributed by atoms with E-state index in [4.69, 9.17) is 25.8 Å². The number of likely N-dealkylation sites (tertiary alicyclic amines) is 1. The van der Waals surface area contributed by atoms with Crippen molar-refractivity contribution >= 4 is 40.7 Å². The van der Waals surface area contributed by atoms with Crippen LogP contribution in [0.5, 0.6) is 0 Å². The number of amides is 1. The number of rotatable bonds is 4. The second kappa shape index (κ2) is 12.7. The van der Waals surface area contributed by atoms with Crippen molar-refractivity contribution in [3.05, 3.63) is 69.9 Å². The van der Waals surface area contributed by atoms with E-state index in [0.29, 0.717) is 30.1 Å². The summed E-state index contributed by atoms with van der Waals surface area (Å²) >= 11 is 6.92. The average Bonchev–Trinajstić information content (AvgIpc) is 3.34. The Morgan fingerprint density at radius 2 is 1.42 bits per heavy atom. The number of carbonyl (C=O) groups is 3. The fourth-order valence-corrected chi connectivity index (χ4v) is 6.15. The second-order valence-corrected chi connectivity index (χ2v) is 15.4. The number of ether oxygens (including phenoxy) is 3. The first kappa shape index (κ1) is 34.4. The number of carbonyl (C=O) groups excluding carboxylic acids is 3. The largest absolute Gasteiger partial charge is 0.456 e. The van der Waals surface area contributed by atoms with Gasteiger partial charge in [0.15, 0.2) is 0 Å². The van der Waals surface area contributed by atoms with Gasteiger partial charge in [-0.3, -0.25) is 4.57 Å². The summed E-state index contributed by atoms with van der Waals surface area (Å²) < 4.78 is 18.5. The molecular weight excluding hydrogens is 592 g/mol. The van der Waals surface area contributed by atoms with Gasteiger partial charge in [0.2, 0.25) is 0 Å². The van der Waals surface area contributed by atoms with Crippen molar-refractivity contribution < 1.29 is 28.6 Å². The Labute approximate surface area is 272 Å². The van der Waals surface area contributed by atoms with Crippen molar-refractivity contribution in [2.45, 2.75) is 105 Å². The first-order valence-electron chi connectivity index (χ1n) is 15.6. The number of fused-ring (bicyclic) bond motifs is 1. The SMILES string of the molecule is Cc1cc(Cl)c(C[C@@H]2CCN(C(=O)OC(C)(C)C)C[C@H]2c2ccc(C(=O)OC(C)(C)C)cc2)c2ccn(C(=O)OC(C)(C)C)c12. The van der Waals surface area contributed by atoms with Crippen molar-refractivity contribution in [2.24, 2.45) is 5.92 Å². The monoisotopic (exact) mass is 638 g/mol. The van der Waals surface area contributed by atoms with Crippen LogP contribution >= 0.6 is 11.6 Å². The number of piperidine rings is 1. The summed E-state index contributed by atoms with van der Waals surface area (Å²) in [4.78, 5) is 40.7. The van der Waals surface area contributed by atoms with Gasteiger partial charge in [0.05, 0.1) is 11.1 Å². The molecule has 1 amide bonds. The zero-order valence-electron chi connectivity index (χ0n) is 28.2. The van der Waals surface area contributed by atoms with Crippen LogP contribution in [-0.4, -0.2) is 57.5 Å². The molecular formula is C36H47ClN2O6. The standard InChI is InChI=1S/C36H47ClN2O6/c1-22-19-29(37)27(26-16-18-39(30(22)26)33(42)45-36(8,9)10)20-25-15-17-38(32(41)44-35(5,6)7)21-28(25)23-11-13-24(14-12-23)31(40)43-34(2,3)4/h11-14,16,18-19,25,28H,15,17,20-21H2,1-10H3/t25-,28-/m0/s1. The molecule has 1 fully saturated rings. The molecule has 1 aromatic heterocycles. The summed E-state index contributed by atoms with van der Waals surface area (Å²) in [5, 5.41) is 1.54. The molecule has 2 atom stereocenters. The molecule has 0 radical (unpaired) electrons. The predicted octanol–water partition coefficient (Wildman–Crippen LogP) is 8.92. The lowest BCUT2D eigenvalue weighted by Crippen LogP contribution is -2.45. The summed E-state index contributed by atoms with van der Waals surface area (Å²) in [5.41, 5.74) is 2.23.